The monoisotopic (exact) mass is 353 g/mol. The lowest BCUT2D eigenvalue weighted by Gasteiger charge is -2.32. The Morgan fingerprint density at radius 2 is 2.29 bits per heavy atom. The summed E-state index contributed by atoms with van der Waals surface area (Å²) in [4.78, 5) is 32.0. The van der Waals surface area contributed by atoms with Crippen LogP contribution in [0.3, 0.4) is 0 Å². The van der Waals surface area contributed by atoms with E-state index < -0.39 is 23.7 Å². The molecule has 0 saturated heterocycles. The minimum Gasteiger partial charge on any atom is -0.484 e. The van der Waals surface area contributed by atoms with Gasteiger partial charge in [-0.25, -0.2) is 14.2 Å². The average Bonchev–Trinajstić information content (AvgIpc) is 3.03. The van der Waals surface area contributed by atoms with Crippen LogP contribution in [-0.4, -0.2) is 45.0 Å². The number of aromatic nitrogens is 2. The van der Waals surface area contributed by atoms with E-state index in [-0.39, 0.29) is 23.9 Å². The molecule has 1 aromatic carbocycles. The van der Waals surface area contributed by atoms with Crippen molar-refractivity contribution in [1.29, 1.82) is 0 Å². The van der Waals surface area contributed by atoms with E-state index in [1.165, 1.54) is 23.4 Å². The topological polar surface area (TPSA) is 95.5 Å². The SMILES string of the molecule is O=C(O)[C@@H]1c2nc[nH]c2CCN1C(=O)COc1ccc(F)c(Cl)c1. The number of ether oxygens (including phenoxy) is 1. The summed E-state index contributed by atoms with van der Waals surface area (Å²) in [5.41, 5.74) is 1.03. The summed E-state index contributed by atoms with van der Waals surface area (Å²) in [5, 5.41) is 9.30. The number of nitrogens with zero attached hydrogens (tertiary/aromatic N) is 2. The minimum atomic E-state index is -1.17. The number of amides is 1. The Bertz CT molecular complexity index is 795. The smallest absolute Gasteiger partial charge is 0.332 e. The molecule has 0 bridgehead atoms. The molecule has 0 saturated carbocycles. The number of aliphatic carboxylic acids is 1. The van der Waals surface area contributed by atoms with Crippen LogP contribution in [0.15, 0.2) is 24.5 Å². The van der Waals surface area contributed by atoms with Gasteiger partial charge in [0.2, 0.25) is 0 Å². The number of aromatic amines is 1. The highest BCUT2D eigenvalue weighted by molar-refractivity contribution is 6.30. The number of halogens is 2. The maximum atomic E-state index is 13.1. The maximum Gasteiger partial charge on any atom is 0.332 e. The molecular weight excluding hydrogens is 341 g/mol. The van der Waals surface area contributed by atoms with Crippen molar-refractivity contribution in [2.24, 2.45) is 0 Å². The minimum absolute atomic E-state index is 0.123. The number of H-pyrrole nitrogens is 1. The maximum absolute atomic E-state index is 13.1. The van der Waals surface area contributed by atoms with E-state index in [2.05, 4.69) is 9.97 Å². The predicted molar refractivity (Wildman–Crippen MR) is 81.3 cm³/mol. The molecule has 9 heteroatoms. The van der Waals surface area contributed by atoms with E-state index in [1.807, 2.05) is 0 Å². The number of carbonyl (C=O) groups is 2. The second kappa shape index (κ2) is 6.48. The lowest BCUT2D eigenvalue weighted by molar-refractivity contribution is -0.152. The Hall–Kier alpha value is -2.61. The van der Waals surface area contributed by atoms with Crippen molar-refractivity contribution in [1.82, 2.24) is 14.9 Å². The average molecular weight is 354 g/mol. The first-order chi connectivity index (χ1) is 11.5. The fraction of sp³-hybridized carbons (Fsp3) is 0.267. The molecule has 2 N–H and O–H groups in total. The number of benzene rings is 1. The first-order valence-corrected chi connectivity index (χ1v) is 7.47. The zero-order valence-electron chi connectivity index (χ0n) is 12.3. The molecule has 1 amide bonds. The van der Waals surface area contributed by atoms with E-state index in [0.717, 1.165) is 6.07 Å². The lowest BCUT2D eigenvalue weighted by Crippen LogP contribution is -2.45. The Kier molecular flexibility index (Phi) is 4.39. The number of hydrogen-bond donors (Lipinski definition) is 2. The Balaban J connectivity index is 1.72. The molecule has 24 heavy (non-hydrogen) atoms. The molecule has 0 spiro atoms. The number of carboxylic acid groups (broad SMARTS) is 1. The molecule has 1 atom stereocenters. The van der Waals surface area contributed by atoms with E-state index in [4.69, 9.17) is 16.3 Å². The van der Waals surface area contributed by atoms with E-state index >= 15 is 0 Å². The number of nitrogens with one attached hydrogen (secondary N) is 1. The normalized spacial score (nSPS) is 16.6. The Morgan fingerprint density at radius 1 is 1.50 bits per heavy atom. The van der Waals surface area contributed by atoms with E-state index in [1.54, 1.807) is 0 Å². The second-order valence-corrected chi connectivity index (χ2v) is 5.62. The fourth-order valence-electron chi connectivity index (χ4n) is 2.59. The van der Waals surface area contributed by atoms with Crippen molar-refractivity contribution in [2.45, 2.75) is 12.5 Å². The molecule has 0 aliphatic carbocycles. The van der Waals surface area contributed by atoms with Gasteiger partial charge >= 0.3 is 5.97 Å². The van der Waals surface area contributed by atoms with E-state index in [0.29, 0.717) is 17.8 Å². The van der Waals surface area contributed by atoms with Crippen molar-refractivity contribution in [3.63, 3.8) is 0 Å². The van der Waals surface area contributed by atoms with Gasteiger partial charge in [-0.1, -0.05) is 11.6 Å². The summed E-state index contributed by atoms with van der Waals surface area (Å²) in [6, 6.07) is 2.55. The van der Waals surface area contributed by atoms with Gasteiger partial charge < -0.3 is 19.7 Å². The molecular formula is C15H13ClFN3O4. The molecule has 1 aliphatic heterocycles. The zero-order valence-corrected chi connectivity index (χ0v) is 13.1. The third-order valence-corrected chi connectivity index (χ3v) is 4.02. The summed E-state index contributed by atoms with van der Waals surface area (Å²) < 4.78 is 18.4. The van der Waals surface area contributed by atoms with E-state index in [9.17, 15) is 19.1 Å². The van der Waals surface area contributed by atoms with Crippen LogP contribution in [0.25, 0.3) is 0 Å². The quantitative estimate of drug-likeness (QED) is 0.873. The first kappa shape index (κ1) is 16.3. The number of imidazole rings is 1. The Labute approximate surface area is 141 Å². The highest BCUT2D eigenvalue weighted by Gasteiger charge is 2.37. The number of carbonyl (C=O) groups excluding carboxylic acids is 1. The van der Waals surface area contributed by atoms with Crippen molar-refractivity contribution < 1.29 is 23.8 Å². The van der Waals surface area contributed by atoms with Crippen LogP contribution >= 0.6 is 11.6 Å². The largest absolute Gasteiger partial charge is 0.484 e. The molecule has 2 heterocycles. The van der Waals surface area contributed by atoms with Crippen LogP contribution in [0.1, 0.15) is 17.4 Å². The first-order valence-electron chi connectivity index (χ1n) is 7.09. The third kappa shape index (κ3) is 3.05. The highest BCUT2D eigenvalue weighted by atomic mass is 35.5. The molecule has 3 rings (SSSR count). The molecule has 126 valence electrons. The van der Waals surface area contributed by atoms with Crippen LogP contribution in [0.2, 0.25) is 5.02 Å². The molecule has 1 aliphatic rings. The second-order valence-electron chi connectivity index (χ2n) is 5.21. The molecule has 7 nitrogen and oxygen atoms in total. The molecule has 2 aromatic rings. The Morgan fingerprint density at radius 3 is 3.00 bits per heavy atom. The zero-order chi connectivity index (χ0) is 17.3. The summed E-state index contributed by atoms with van der Waals surface area (Å²) in [5.74, 6) is -2.04. The van der Waals surface area contributed by atoms with Crippen molar-refractivity contribution in [3.8, 4) is 5.75 Å². The predicted octanol–water partition coefficient (Wildman–Crippen LogP) is 1.79. The van der Waals surface area contributed by atoms with Crippen LogP contribution in [0.5, 0.6) is 5.75 Å². The number of rotatable bonds is 4. The summed E-state index contributed by atoms with van der Waals surface area (Å²) in [6.07, 6.45) is 1.89. The summed E-state index contributed by atoms with van der Waals surface area (Å²) in [7, 11) is 0. The standard InChI is InChI=1S/C15H13ClFN3O4/c16-9-5-8(1-2-10(9)17)24-6-12(21)20-4-3-11-13(19-7-18-11)14(20)15(22)23/h1-2,5,7,14H,3-4,6H2,(H,18,19)(H,22,23)/t14-/m0/s1. The van der Waals surface area contributed by atoms with Gasteiger partial charge in [-0.2, -0.15) is 0 Å². The van der Waals surface area contributed by atoms with Gasteiger partial charge in [0.1, 0.15) is 11.6 Å². The van der Waals surface area contributed by atoms with Gasteiger partial charge in [-0.3, -0.25) is 4.79 Å². The van der Waals surface area contributed by atoms with Gasteiger partial charge in [0.15, 0.2) is 12.6 Å². The van der Waals surface area contributed by atoms with Crippen LogP contribution in [-0.2, 0) is 16.0 Å². The van der Waals surface area contributed by atoms with Gasteiger partial charge in [0, 0.05) is 24.7 Å². The van der Waals surface area contributed by atoms with Crippen molar-refractivity contribution >= 4 is 23.5 Å². The van der Waals surface area contributed by atoms with Gasteiger partial charge in [-0.15, -0.1) is 0 Å². The highest BCUT2D eigenvalue weighted by Crippen LogP contribution is 2.28. The lowest BCUT2D eigenvalue weighted by atomic mass is 10.0. The van der Waals surface area contributed by atoms with Crippen LogP contribution in [0, 0.1) is 5.82 Å². The summed E-state index contributed by atoms with van der Waals surface area (Å²) in [6.45, 7) is -0.149. The van der Waals surface area contributed by atoms with Gasteiger partial charge in [0.05, 0.1) is 17.0 Å². The number of hydrogen-bond acceptors (Lipinski definition) is 4. The van der Waals surface area contributed by atoms with Crippen LogP contribution < -0.4 is 4.74 Å². The molecule has 1 aromatic heterocycles. The number of fused-ring (bicyclic) bond motifs is 1. The van der Waals surface area contributed by atoms with Crippen molar-refractivity contribution in [3.05, 3.63) is 46.8 Å². The molecule has 0 unspecified atom stereocenters. The van der Waals surface area contributed by atoms with Crippen molar-refractivity contribution in [2.75, 3.05) is 13.2 Å². The number of carboxylic acids is 1. The third-order valence-electron chi connectivity index (χ3n) is 3.73. The van der Waals surface area contributed by atoms with Gasteiger partial charge in [0.25, 0.3) is 5.91 Å². The molecule has 0 radical (unpaired) electrons. The van der Waals surface area contributed by atoms with Gasteiger partial charge in [-0.05, 0) is 12.1 Å². The molecule has 0 fully saturated rings. The fourth-order valence-corrected chi connectivity index (χ4v) is 2.76. The summed E-state index contributed by atoms with van der Waals surface area (Å²) >= 11 is 5.65. The van der Waals surface area contributed by atoms with Crippen LogP contribution in [0.4, 0.5) is 4.39 Å².